The summed E-state index contributed by atoms with van der Waals surface area (Å²) in [6.45, 7) is 1.57. The van der Waals surface area contributed by atoms with Gasteiger partial charge in [-0.1, -0.05) is 24.3 Å². The third-order valence-electron chi connectivity index (χ3n) is 4.28. The molecule has 3 rings (SSSR count). The SMILES string of the molecule is COc1ccc([C@]2(C)NC(=O)N(/N=C\c3ccccc3[N+](=O)[O-])C2=O)cc1. The molecular weight excluding hydrogens is 352 g/mol. The van der Waals surface area contributed by atoms with Crippen molar-refractivity contribution in [3.05, 3.63) is 69.8 Å². The quantitative estimate of drug-likeness (QED) is 0.377. The van der Waals surface area contributed by atoms with E-state index in [1.807, 2.05) is 0 Å². The number of carbonyl (C=O) groups excluding carboxylic acids is 2. The summed E-state index contributed by atoms with van der Waals surface area (Å²) in [5.41, 5.74) is -0.735. The van der Waals surface area contributed by atoms with Crippen molar-refractivity contribution in [3.63, 3.8) is 0 Å². The van der Waals surface area contributed by atoms with Crippen LogP contribution >= 0.6 is 0 Å². The predicted molar refractivity (Wildman–Crippen MR) is 96.4 cm³/mol. The lowest BCUT2D eigenvalue weighted by atomic mass is 9.92. The number of amides is 3. The maximum atomic E-state index is 12.8. The third kappa shape index (κ3) is 3.22. The Morgan fingerprint density at radius 1 is 1.19 bits per heavy atom. The maximum Gasteiger partial charge on any atom is 0.346 e. The van der Waals surface area contributed by atoms with E-state index in [0.717, 1.165) is 6.21 Å². The topological polar surface area (TPSA) is 114 Å². The number of imide groups is 1. The van der Waals surface area contributed by atoms with Crippen LogP contribution in [0, 0.1) is 10.1 Å². The molecule has 0 unspecified atom stereocenters. The van der Waals surface area contributed by atoms with E-state index in [-0.39, 0.29) is 11.3 Å². The van der Waals surface area contributed by atoms with Crippen molar-refractivity contribution >= 4 is 23.8 Å². The lowest BCUT2D eigenvalue weighted by Gasteiger charge is -2.21. The van der Waals surface area contributed by atoms with E-state index in [9.17, 15) is 19.7 Å². The van der Waals surface area contributed by atoms with Crippen molar-refractivity contribution in [3.8, 4) is 5.75 Å². The van der Waals surface area contributed by atoms with Gasteiger partial charge in [-0.3, -0.25) is 14.9 Å². The molecule has 0 saturated carbocycles. The van der Waals surface area contributed by atoms with Crippen LogP contribution in [-0.2, 0) is 10.3 Å². The molecule has 0 spiro atoms. The van der Waals surface area contributed by atoms with Crippen LogP contribution in [0.5, 0.6) is 5.75 Å². The summed E-state index contributed by atoms with van der Waals surface area (Å²) in [5, 5.41) is 18.2. The second kappa shape index (κ2) is 6.87. The van der Waals surface area contributed by atoms with Crippen molar-refractivity contribution in [2.75, 3.05) is 7.11 Å². The molecule has 1 aliphatic rings. The monoisotopic (exact) mass is 368 g/mol. The highest BCUT2D eigenvalue weighted by Crippen LogP contribution is 2.30. The minimum atomic E-state index is -1.30. The molecule has 0 bridgehead atoms. The Balaban J connectivity index is 1.89. The van der Waals surface area contributed by atoms with E-state index >= 15 is 0 Å². The van der Waals surface area contributed by atoms with Crippen LogP contribution in [0.25, 0.3) is 0 Å². The highest BCUT2D eigenvalue weighted by Gasteiger charge is 2.49. The predicted octanol–water partition coefficient (Wildman–Crippen LogP) is 2.40. The first-order valence-corrected chi connectivity index (χ1v) is 7.95. The molecule has 1 heterocycles. The van der Waals surface area contributed by atoms with Gasteiger partial charge in [0.1, 0.15) is 11.3 Å². The normalized spacial score (nSPS) is 19.4. The van der Waals surface area contributed by atoms with Gasteiger partial charge in [0, 0.05) is 6.07 Å². The van der Waals surface area contributed by atoms with E-state index in [4.69, 9.17) is 4.74 Å². The smallest absolute Gasteiger partial charge is 0.346 e. The average molecular weight is 368 g/mol. The average Bonchev–Trinajstić information content (AvgIpc) is 2.89. The summed E-state index contributed by atoms with van der Waals surface area (Å²) in [6, 6.07) is 11.9. The van der Waals surface area contributed by atoms with Gasteiger partial charge < -0.3 is 10.1 Å². The van der Waals surface area contributed by atoms with Crippen LogP contribution in [0.15, 0.2) is 53.6 Å². The van der Waals surface area contributed by atoms with Gasteiger partial charge in [0.2, 0.25) is 0 Å². The highest BCUT2D eigenvalue weighted by atomic mass is 16.6. The molecular formula is C18H16N4O5. The summed E-state index contributed by atoms with van der Waals surface area (Å²) in [7, 11) is 1.53. The molecule has 0 radical (unpaired) electrons. The van der Waals surface area contributed by atoms with Crippen LogP contribution < -0.4 is 10.1 Å². The first-order chi connectivity index (χ1) is 12.9. The molecule has 9 nitrogen and oxygen atoms in total. The van der Waals surface area contributed by atoms with Gasteiger partial charge in [-0.2, -0.15) is 5.10 Å². The molecule has 27 heavy (non-hydrogen) atoms. The van der Waals surface area contributed by atoms with Gasteiger partial charge in [-0.15, -0.1) is 5.01 Å². The Hall–Kier alpha value is -3.75. The molecule has 2 aromatic rings. The van der Waals surface area contributed by atoms with Gasteiger partial charge >= 0.3 is 6.03 Å². The number of rotatable bonds is 5. The lowest BCUT2D eigenvalue weighted by molar-refractivity contribution is -0.385. The van der Waals surface area contributed by atoms with E-state index in [2.05, 4.69) is 10.4 Å². The van der Waals surface area contributed by atoms with Crippen molar-refractivity contribution in [1.29, 1.82) is 0 Å². The molecule has 1 saturated heterocycles. The van der Waals surface area contributed by atoms with Crippen molar-refractivity contribution in [2.24, 2.45) is 5.10 Å². The lowest BCUT2D eigenvalue weighted by Crippen LogP contribution is -2.40. The number of hydrazone groups is 1. The summed E-state index contributed by atoms with van der Waals surface area (Å²) < 4.78 is 5.09. The van der Waals surface area contributed by atoms with Gasteiger partial charge in [0.25, 0.3) is 11.6 Å². The number of nitrogens with zero attached hydrogens (tertiary/aromatic N) is 3. The molecule has 1 aliphatic heterocycles. The Morgan fingerprint density at radius 2 is 1.85 bits per heavy atom. The Kier molecular flexibility index (Phi) is 4.59. The number of hydrogen-bond donors (Lipinski definition) is 1. The number of benzene rings is 2. The summed E-state index contributed by atoms with van der Waals surface area (Å²) >= 11 is 0. The molecule has 1 fully saturated rings. The van der Waals surface area contributed by atoms with Crippen molar-refractivity contribution < 1.29 is 19.2 Å². The van der Waals surface area contributed by atoms with E-state index in [1.165, 1.54) is 25.3 Å². The summed E-state index contributed by atoms with van der Waals surface area (Å²) in [5.74, 6) is 0.0258. The number of carbonyl (C=O) groups is 2. The zero-order chi connectivity index (χ0) is 19.6. The number of urea groups is 1. The van der Waals surface area contributed by atoms with Crippen LogP contribution in [0.1, 0.15) is 18.1 Å². The Labute approximate surface area is 154 Å². The Bertz CT molecular complexity index is 941. The molecule has 2 aromatic carbocycles. The number of nitro benzene ring substituents is 1. The van der Waals surface area contributed by atoms with E-state index in [0.29, 0.717) is 16.3 Å². The molecule has 0 aromatic heterocycles. The minimum absolute atomic E-state index is 0.175. The van der Waals surface area contributed by atoms with Gasteiger partial charge in [0.15, 0.2) is 0 Å². The number of methoxy groups -OCH3 is 1. The van der Waals surface area contributed by atoms with Crippen LogP contribution in [0.4, 0.5) is 10.5 Å². The number of ether oxygens (including phenoxy) is 1. The maximum absolute atomic E-state index is 12.8. The number of hydrogen-bond acceptors (Lipinski definition) is 6. The molecule has 138 valence electrons. The standard InChI is InChI=1S/C18H16N4O5/c1-18(13-7-9-14(27-2)10-8-13)16(23)21(17(24)20-18)19-11-12-5-3-4-6-15(12)22(25)26/h3-11H,1-2H3,(H,20,24)/b19-11-/t18-/m0/s1. The van der Waals surface area contributed by atoms with Crippen molar-refractivity contribution in [2.45, 2.75) is 12.5 Å². The number of nitro groups is 1. The fourth-order valence-corrected chi connectivity index (χ4v) is 2.73. The molecule has 1 atom stereocenters. The fourth-order valence-electron chi connectivity index (χ4n) is 2.73. The minimum Gasteiger partial charge on any atom is -0.497 e. The van der Waals surface area contributed by atoms with Gasteiger partial charge in [-0.25, -0.2) is 4.79 Å². The van der Waals surface area contributed by atoms with Gasteiger partial charge in [-0.05, 0) is 30.7 Å². The first kappa shape index (κ1) is 18.1. The van der Waals surface area contributed by atoms with Crippen LogP contribution in [-0.4, -0.2) is 35.2 Å². The zero-order valence-corrected chi connectivity index (χ0v) is 14.6. The molecule has 9 heteroatoms. The van der Waals surface area contributed by atoms with Crippen molar-refractivity contribution in [1.82, 2.24) is 10.3 Å². The number of nitrogens with one attached hydrogen (secondary N) is 1. The molecule has 3 amide bonds. The van der Waals surface area contributed by atoms with E-state index < -0.39 is 22.4 Å². The number of para-hydroxylation sites is 1. The second-order valence-electron chi connectivity index (χ2n) is 5.96. The zero-order valence-electron chi connectivity index (χ0n) is 14.6. The highest BCUT2D eigenvalue weighted by molar-refractivity contribution is 6.07. The van der Waals surface area contributed by atoms with Gasteiger partial charge in [0.05, 0.1) is 23.8 Å². The Morgan fingerprint density at radius 3 is 2.48 bits per heavy atom. The second-order valence-corrected chi connectivity index (χ2v) is 5.96. The van der Waals surface area contributed by atoms with Crippen LogP contribution in [0.3, 0.4) is 0 Å². The summed E-state index contributed by atoms with van der Waals surface area (Å²) in [6.07, 6.45) is 1.12. The van der Waals surface area contributed by atoms with Crippen LogP contribution in [0.2, 0.25) is 0 Å². The largest absolute Gasteiger partial charge is 0.497 e. The third-order valence-corrected chi connectivity index (χ3v) is 4.28. The molecule has 1 N–H and O–H groups in total. The van der Waals surface area contributed by atoms with E-state index in [1.54, 1.807) is 37.3 Å². The summed E-state index contributed by atoms with van der Waals surface area (Å²) in [4.78, 5) is 35.6. The fraction of sp³-hybridized carbons (Fsp3) is 0.167. The first-order valence-electron chi connectivity index (χ1n) is 7.95. The molecule has 0 aliphatic carbocycles.